The van der Waals surface area contributed by atoms with Crippen LogP contribution in [0.5, 0.6) is 0 Å². The Bertz CT molecular complexity index is 607. The smallest absolute Gasteiger partial charge is 0.287 e. The van der Waals surface area contributed by atoms with Crippen molar-refractivity contribution in [2.24, 2.45) is 0 Å². The molecular formula is C15H21N5O2S. The van der Waals surface area contributed by atoms with Crippen molar-refractivity contribution >= 4 is 17.7 Å². The molecule has 0 aliphatic carbocycles. The van der Waals surface area contributed by atoms with Crippen molar-refractivity contribution in [3.05, 3.63) is 30.0 Å². The van der Waals surface area contributed by atoms with Crippen molar-refractivity contribution in [3.8, 4) is 0 Å². The molecular weight excluding hydrogens is 314 g/mol. The van der Waals surface area contributed by atoms with E-state index in [2.05, 4.69) is 25.4 Å². The first kappa shape index (κ1) is 16.1. The number of carbonyl (C=O) groups excluding carboxylic acids is 1. The van der Waals surface area contributed by atoms with Crippen molar-refractivity contribution in [1.82, 2.24) is 25.4 Å². The summed E-state index contributed by atoms with van der Waals surface area (Å²) in [5, 5.41) is 10.2. The monoisotopic (exact) mass is 335 g/mol. The van der Waals surface area contributed by atoms with Crippen LogP contribution in [0.3, 0.4) is 0 Å². The summed E-state index contributed by atoms with van der Waals surface area (Å²) >= 11 is 1.48. The molecule has 1 aliphatic rings. The Balaban J connectivity index is 1.40. The number of furan rings is 1. The zero-order valence-corrected chi connectivity index (χ0v) is 13.8. The molecule has 1 saturated heterocycles. The van der Waals surface area contributed by atoms with Gasteiger partial charge in [-0.25, -0.2) is 4.98 Å². The molecule has 7 nitrogen and oxygen atoms in total. The predicted molar refractivity (Wildman–Crippen MR) is 87.3 cm³/mol. The first-order valence-electron chi connectivity index (χ1n) is 7.89. The number of piperidine rings is 1. The number of nitrogens with zero attached hydrogens (tertiary/aromatic N) is 3. The van der Waals surface area contributed by atoms with Gasteiger partial charge in [0.1, 0.15) is 12.1 Å². The average molecular weight is 335 g/mol. The maximum Gasteiger partial charge on any atom is 0.287 e. The van der Waals surface area contributed by atoms with Crippen molar-refractivity contribution < 1.29 is 9.21 Å². The first-order valence-corrected chi connectivity index (χ1v) is 8.87. The highest BCUT2D eigenvalue weighted by Gasteiger charge is 2.13. The maximum absolute atomic E-state index is 12.1. The van der Waals surface area contributed by atoms with Crippen LogP contribution in [0.15, 0.2) is 28.0 Å². The SMILES string of the molecule is O=C(NCCN1CCCCC1)c1ccc(CSc2ncn[nH]2)o1. The molecule has 124 valence electrons. The summed E-state index contributed by atoms with van der Waals surface area (Å²) in [6, 6.07) is 3.54. The number of hydrogen-bond acceptors (Lipinski definition) is 6. The molecule has 0 bridgehead atoms. The number of likely N-dealkylation sites (tertiary alicyclic amines) is 1. The summed E-state index contributed by atoms with van der Waals surface area (Å²) in [4.78, 5) is 18.5. The number of carbonyl (C=O) groups is 1. The Morgan fingerprint density at radius 2 is 2.22 bits per heavy atom. The molecule has 0 atom stereocenters. The Labute approximate surface area is 139 Å². The van der Waals surface area contributed by atoms with Gasteiger partial charge in [-0.05, 0) is 38.1 Å². The zero-order valence-electron chi connectivity index (χ0n) is 13.0. The van der Waals surface area contributed by atoms with Gasteiger partial charge < -0.3 is 14.6 Å². The topological polar surface area (TPSA) is 87.0 Å². The number of aromatic amines is 1. The Kier molecular flexibility index (Phi) is 5.71. The van der Waals surface area contributed by atoms with Gasteiger partial charge in [0, 0.05) is 13.1 Å². The van der Waals surface area contributed by atoms with E-state index in [9.17, 15) is 4.79 Å². The molecule has 3 rings (SSSR count). The molecule has 0 saturated carbocycles. The zero-order chi connectivity index (χ0) is 15.9. The maximum atomic E-state index is 12.1. The average Bonchev–Trinajstić information content (AvgIpc) is 3.25. The van der Waals surface area contributed by atoms with E-state index in [-0.39, 0.29) is 5.91 Å². The third-order valence-electron chi connectivity index (χ3n) is 3.79. The lowest BCUT2D eigenvalue weighted by Gasteiger charge is -2.26. The van der Waals surface area contributed by atoms with Crippen LogP contribution in [-0.4, -0.2) is 52.2 Å². The highest BCUT2D eigenvalue weighted by atomic mass is 32.2. The van der Waals surface area contributed by atoms with Gasteiger partial charge in [-0.2, -0.15) is 5.10 Å². The highest BCUT2D eigenvalue weighted by molar-refractivity contribution is 7.98. The molecule has 8 heteroatoms. The number of rotatable bonds is 7. The van der Waals surface area contributed by atoms with Crippen molar-refractivity contribution in [2.75, 3.05) is 26.2 Å². The molecule has 2 N–H and O–H groups in total. The van der Waals surface area contributed by atoms with Gasteiger partial charge in [0.25, 0.3) is 5.91 Å². The number of H-pyrrole nitrogens is 1. The molecule has 0 aromatic carbocycles. The van der Waals surface area contributed by atoms with Crippen molar-refractivity contribution in [3.63, 3.8) is 0 Å². The molecule has 2 aromatic heterocycles. The van der Waals surface area contributed by atoms with E-state index in [0.717, 1.165) is 30.6 Å². The van der Waals surface area contributed by atoms with E-state index in [1.54, 1.807) is 6.07 Å². The van der Waals surface area contributed by atoms with Crippen LogP contribution in [0.4, 0.5) is 0 Å². The number of hydrogen-bond donors (Lipinski definition) is 2. The van der Waals surface area contributed by atoms with Crippen molar-refractivity contribution in [2.45, 2.75) is 30.2 Å². The van der Waals surface area contributed by atoms with Crippen LogP contribution in [0.2, 0.25) is 0 Å². The largest absolute Gasteiger partial charge is 0.455 e. The van der Waals surface area contributed by atoms with Gasteiger partial charge in [0.2, 0.25) is 0 Å². The van der Waals surface area contributed by atoms with E-state index < -0.39 is 0 Å². The second kappa shape index (κ2) is 8.16. The Hall–Kier alpha value is -1.80. The predicted octanol–water partition coefficient (Wildman–Crippen LogP) is 1.91. The minimum absolute atomic E-state index is 0.155. The fourth-order valence-electron chi connectivity index (χ4n) is 2.58. The van der Waals surface area contributed by atoms with E-state index >= 15 is 0 Å². The van der Waals surface area contributed by atoms with E-state index in [4.69, 9.17) is 4.42 Å². The van der Waals surface area contributed by atoms with Crippen LogP contribution >= 0.6 is 11.8 Å². The quantitative estimate of drug-likeness (QED) is 0.752. The van der Waals surface area contributed by atoms with Crippen molar-refractivity contribution in [1.29, 1.82) is 0 Å². The summed E-state index contributed by atoms with van der Waals surface area (Å²) in [6.07, 6.45) is 5.31. The molecule has 0 spiro atoms. The number of nitrogens with one attached hydrogen (secondary N) is 2. The molecule has 23 heavy (non-hydrogen) atoms. The molecule has 2 aromatic rings. The van der Waals surface area contributed by atoms with Crippen LogP contribution in [0.25, 0.3) is 0 Å². The van der Waals surface area contributed by atoms with Gasteiger partial charge in [-0.15, -0.1) is 0 Å². The number of aromatic nitrogens is 3. The van der Waals surface area contributed by atoms with Gasteiger partial charge in [0.05, 0.1) is 5.75 Å². The summed E-state index contributed by atoms with van der Waals surface area (Å²) in [5.41, 5.74) is 0. The van der Waals surface area contributed by atoms with Gasteiger partial charge >= 0.3 is 0 Å². The lowest BCUT2D eigenvalue weighted by Crippen LogP contribution is -2.37. The molecule has 0 radical (unpaired) electrons. The Morgan fingerprint density at radius 1 is 1.35 bits per heavy atom. The molecule has 1 aliphatic heterocycles. The number of amides is 1. The van der Waals surface area contributed by atoms with Crippen LogP contribution in [-0.2, 0) is 5.75 Å². The molecule has 0 unspecified atom stereocenters. The Morgan fingerprint density at radius 3 is 3.00 bits per heavy atom. The van der Waals surface area contributed by atoms with E-state index in [0.29, 0.717) is 18.1 Å². The minimum atomic E-state index is -0.155. The number of thioether (sulfide) groups is 1. The fourth-order valence-corrected chi connectivity index (χ4v) is 3.25. The van der Waals surface area contributed by atoms with Crippen LogP contribution in [0, 0.1) is 0 Å². The second-order valence-electron chi connectivity index (χ2n) is 5.50. The first-order chi connectivity index (χ1) is 11.3. The fraction of sp³-hybridized carbons (Fsp3) is 0.533. The summed E-state index contributed by atoms with van der Waals surface area (Å²) < 4.78 is 5.58. The molecule has 1 fully saturated rings. The normalized spacial score (nSPS) is 15.7. The van der Waals surface area contributed by atoms with Gasteiger partial charge in [-0.3, -0.25) is 9.89 Å². The third kappa shape index (κ3) is 4.84. The summed E-state index contributed by atoms with van der Waals surface area (Å²) in [7, 11) is 0. The van der Waals surface area contributed by atoms with Crippen LogP contribution < -0.4 is 5.32 Å². The van der Waals surface area contributed by atoms with E-state index in [1.807, 2.05) is 6.07 Å². The molecule has 1 amide bonds. The van der Waals surface area contributed by atoms with Gasteiger partial charge in [0.15, 0.2) is 10.9 Å². The molecule has 3 heterocycles. The summed E-state index contributed by atoms with van der Waals surface area (Å²) in [6.45, 7) is 3.83. The van der Waals surface area contributed by atoms with Gasteiger partial charge in [-0.1, -0.05) is 18.2 Å². The minimum Gasteiger partial charge on any atom is -0.455 e. The highest BCUT2D eigenvalue weighted by Crippen LogP contribution is 2.20. The second-order valence-corrected chi connectivity index (χ2v) is 6.47. The lowest BCUT2D eigenvalue weighted by atomic mass is 10.1. The third-order valence-corrected chi connectivity index (χ3v) is 4.69. The van der Waals surface area contributed by atoms with E-state index in [1.165, 1.54) is 37.4 Å². The standard InChI is InChI=1S/C15H21N5O2S/c21-14(16-6-9-20-7-2-1-3-8-20)13-5-4-12(22-13)10-23-15-17-11-18-19-15/h4-5,11H,1-3,6-10H2,(H,16,21)(H,17,18,19). The lowest BCUT2D eigenvalue weighted by molar-refractivity contribution is 0.0917. The van der Waals surface area contributed by atoms with Crippen LogP contribution in [0.1, 0.15) is 35.6 Å². The summed E-state index contributed by atoms with van der Waals surface area (Å²) in [5.74, 6) is 1.55.